The molecule has 0 radical (unpaired) electrons. The molecule has 6 heteroatoms. The molecular weight excluding hydrogens is 312 g/mol. The SMILES string of the molecule is O=C(NC1CCN(Cc2cccc(Cl)c2)CC1)c1cnccn1. The van der Waals surface area contributed by atoms with Gasteiger partial charge in [-0.3, -0.25) is 14.7 Å². The lowest BCUT2D eigenvalue weighted by molar-refractivity contribution is 0.0903. The van der Waals surface area contributed by atoms with Crippen LogP contribution in [0.25, 0.3) is 0 Å². The molecule has 1 saturated heterocycles. The molecule has 5 nitrogen and oxygen atoms in total. The molecule has 0 aliphatic carbocycles. The van der Waals surface area contributed by atoms with Crippen molar-refractivity contribution in [3.8, 4) is 0 Å². The number of amides is 1. The lowest BCUT2D eigenvalue weighted by Gasteiger charge is -2.32. The van der Waals surface area contributed by atoms with E-state index in [0.717, 1.165) is 37.5 Å². The van der Waals surface area contributed by atoms with E-state index >= 15 is 0 Å². The molecule has 0 bridgehead atoms. The summed E-state index contributed by atoms with van der Waals surface area (Å²) in [4.78, 5) is 22.4. The zero-order valence-corrected chi connectivity index (χ0v) is 13.5. The number of hydrogen-bond donors (Lipinski definition) is 1. The monoisotopic (exact) mass is 330 g/mol. The Balaban J connectivity index is 1.48. The van der Waals surface area contributed by atoms with E-state index in [4.69, 9.17) is 11.6 Å². The van der Waals surface area contributed by atoms with E-state index in [0.29, 0.717) is 5.69 Å². The molecule has 1 aliphatic rings. The largest absolute Gasteiger partial charge is 0.348 e. The van der Waals surface area contributed by atoms with E-state index in [9.17, 15) is 4.79 Å². The van der Waals surface area contributed by atoms with Crippen LogP contribution in [-0.4, -0.2) is 39.9 Å². The molecule has 1 N–H and O–H groups in total. The maximum atomic E-state index is 12.1. The number of carbonyl (C=O) groups is 1. The minimum absolute atomic E-state index is 0.147. The van der Waals surface area contributed by atoms with Gasteiger partial charge in [-0.25, -0.2) is 4.98 Å². The van der Waals surface area contributed by atoms with Crippen LogP contribution in [0.2, 0.25) is 5.02 Å². The van der Waals surface area contributed by atoms with Crippen molar-refractivity contribution < 1.29 is 4.79 Å². The normalized spacial score (nSPS) is 16.2. The molecule has 1 aromatic carbocycles. The van der Waals surface area contributed by atoms with Gasteiger partial charge in [0.1, 0.15) is 5.69 Å². The van der Waals surface area contributed by atoms with Crippen LogP contribution in [0.3, 0.4) is 0 Å². The molecule has 1 fully saturated rings. The quantitative estimate of drug-likeness (QED) is 0.936. The van der Waals surface area contributed by atoms with Crippen molar-refractivity contribution in [2.75, 3.05) is 13.1 Å². The van der Waals surface area contributed by atoms with Crippen LogP contribution in [0.4, 0.5) is 0 Å². The summed E-state index contributed by atoms with van der Waals surface area (Å²) in [7, 11) is 0. The van der Waals surface area contributed by atoms with Crippen molar-refractivity contribution in [3.05, 3.63) is 59.1 Å². The lowest BCUT2D eigenvalue weighted by atomic mass is 10.0. The number of halogens is 1. The molecule has 23 heavy (non-hydrogen) atoms. The van der Waals surface area contributed by atoms with E-state index in [1.807, 2.05) is 18.2 Å². The highest BCUT2D eigenvalue weighted by atomic mass is 35.5. The molecule has 2 heterocycles. The van der Waals surface area contributed by atoms with Gasteiger partial charge in [0.25, 0.3) is 5.91 Å². The minimum atomic E-state index is -0.147. The second-order valence-corrected chi connectivity index (χ2v) is 6.18. The second-order valence-electron chi connectivity index (χ2n) is 5.74. The third-order valence-electron chi connectivity index (χ3n) is 4.01. The Morgan fingerprint density at radius 3 is 2.83 bits per heavy atom. The van der Waals surface area contributed by atoms with Crippen LogP contribution in [0.15, 0.2) is 42.9 Å². The minimum Gasteiger partial charge on any atom is -0.348 e. The molecule has 1 aromatic heterocycles. The summed E-state index contributed by atoms with van der Waals surface area (Å²) < 4.78 is 0. The van der Waals surface area contributed by atoms with Crippen LogP contribution in [0, 0.1) is 0 Å². The van der Waals surface area contributed by atoms with Crippen molar-refractivity contribution in [2.45, 2.75) is 25.4 Å². The van der Waals surface area contributed by atoms with Crippen LogP contribution in [-0.2, 0) is 6.54 Å². The molecule has 120 valence electrons. The molecule has 0 unspecified atom stereocenters. The predicted molar refractivity (Wildman–Crippen MR) is 89.2 cm³/mol. The molecule has 3 rings (SSSR count). The number of nitrogens with zero attached hydrogens (tertiary/aromatic N) is 3. The number of benzene rings is 1. The van der Waals surface area contributed by atoms with Gasteiger partial charge in [0, 0.05) is 43.1 Å². The molecule has 0 spiro atoms. The Hall–Kier alpha value is -1.98. The Morgan fingerprint density at radius 1 is 1.30 bits per heavy atom. The number of aromatic nitrogens is 2. The zero-order valence-electron chi connectivity index (χ0n) is 12.8. The van der Waals surface area contributed by atoms with Crippen LogP contribution < -0.4 is 5.32 Å². The predicted octanol–water partition coefficient (Wildman–Crippen LogP) is 2.52. The summed E-state index contributed by atoms with van der Waals surface area (Å²) in [6, 6.07) is 8.16. The summed E-state index contributed by atoms with van der Waals surface area (Å²) in [5, 5.41) is 3.81. The smallest absolute Gasteiger partial charge is 0.271 e. The fraction of sp³-hybridized carbons (Fsp3) is 0.353. The van der Waals surface area contributed by atoms with Gasteiger partial charge in [0.2, 0.25) is 0 Å². The van der Waals surface area contributed by atoms with E-state index in [1.54, 1.807) is 6.20 Å². The van der Waals surface area contributed by atoms with Crippen molar-refractivity contribution in [3.63, 3.8) is 0 Å². The van der Waals surface area contributed by atoms with Gasteiger partial charge in [-0.2, -0.15) is 0 Å². The first kappa shape index (κ1) is 15.9. The summed E-state index contributed by atoms with van der Waals surface area (Å²) >= 11 is 6.02. The van der Waals surface area contributed by atoms with E-state index in [-0.39, 0.29) is 11.9 Å². The van der Waals surface area contributed by atoms with Gasteiger partial charge in [0.15, 0.2) is 0 Å². The first-order chi connectivity index (χ1) is 11.2. The molecule has 2 aromatic rings. The van der Waals surface area contributed by atoms with Gasteiger partial charge in [-0.1, -0.05) is 23.7 Å². The molecule has 1 amide bonds. The van der Waals surface area contributed by atoms with Crippen molar-refractivity contribution in [2.24, 2.45) is 0 Å². The Morgan fingerprint density at radius 2 is 2.13 bits per heavy atom. The number of rotatable bonds is 4. The van der Waals surface area contributed by atoms with Crippen molar-refractivity contribution >= 4 is 17.5 Å². The zero-order chi connectivity index (χ0) is 16.1. The van der Waals surface area contributed by atoms with Gasteiger partial charge >= 0.3 is 0 Å². The van der Waals surface area contributed by atoms with Gasteiger partial charge in [-0.15, -0.1) is 0 Å². The standard InChI is InChI=1S/C17H19ClN4O/c18-14-3-1-2-13(10-14)12-22-8-4-15(5-9-22)21-17(23)16-11-19-6-7-20-16/h1-3,6-7,10-11,15H,4-5,8-9,12H2,(H,21,23). The lowest BCUT2D eigenvalue weighted by Crippen LogP contribution is -2.44. The molecular formula is C17H19ClN4O. The molecule has 0 atom stereocenters. The summed E-state index contributed by atoms with van der Waals surface area (Å²) in [5.41, 5.74) is 1.59. The van der Waals surface area contributed by atoms with Crippen molar-refractivity contribution in [1.82, 2.24) is 20.2 Å². The fourth-order valence-electron chi connectivity index (χ4n) is 2.80. The second kappa shape index (κ2) is 7.53. The average molecular weight is 331 g/mol. The summed E-state index contributed by atoms with van der Waals surface area (Å²) in [5.74, 6) is -0.147. The van der Waals surface area contributed by atoms with Crippen LogP contribution in [0.1, 0.15) is 28.9 Å². The average Bonchev–Trinajstić information content (AvgIpc) is 2.57. The molecule has 1 aliphatic heterocycles. The maximum Gasteiger partial charge on any atom is 0.271 e. The summed E-state index contributed by atoms with van der Waals surface area (Å²) in [6.07, 6.45) is 6.45. The third-order valence-corrected chi connectivity index (χ3v) is 4.25. The van der Waals surface area contributed by atoms with E-state index in [1.165, 1.54) is 18.0 Å². The highest BCUT2D eigenvalue weighted by Gasteiger charge is 2.21. The van der Waals surface area contributed by atoms with Crippen LogP contribution >= 0.6 is 11.6 Å². The van der Waals surface area contributed by atoms with E-state index < -0.39 is 0 Å². The number of likely N-dealkylation sites (tertiary alicyclic amines) is 1. The number of carbonyl (C=O) groups excluding carboxylic acids is 1. The Bertz CT molecular complexity index is 657. The highest BCUT2D eigenvalue weighted by molar-refractivity contribution is 6.30. The number of piperidine rings is 1. The maximum absolute atomic E-state index is 12.1. The van der Waals surface area contributed by atoms with Crippen molar-refractivity contribution in [1.29, 1.82) is 0 Å². The topological polar surface area (TPSA) is 58.1 Å². The van der Waals surface area contributed by atoms with E-state index in [2.05, 4.69) is 26.3 Å². The molecule has 0 saturated carbocycles. The first-order valence-corrected chi connectivity index (χ1v) is 8.12. The van der Waals surface area contributed by atoms with Gasteiger partial charge < -0.3 is 5.32 Å². The number of hydrogen-bond acceptors (Lipinski definition) is 4. The summed E-state index contributed by atoms with van der Waals surface area (Å²) in [6.45, 7) is 2.81. The van der Waals surface area contributed by atoms with Crippen LogP contribution in [0.5, 0.6) is 0 Å². The fourth-order valence-corrected chi connectivity index (χ4v) is 3.02. The van der Waals surface area contributed by atoms with Gasteiger partial charge in [-0.05, 0) is 30.5 Å². The Labute approximate surface area is 140 Å². The van der Waals surface area contributed by atoms with Gasteiger partial charge in [0.05, 0.1) is 6.20 Å². The number of nitrogens with one attached hydrogen (secondary N) is 1. The highest BCUT2D eigenvalue weighted by Crippen LogP contribution is 2.16. The Kier molecular flexibility index (Phi) is 5.20. The third kappa shape index (κ3) is 4.50. The first-order valence-electron chi connectivity index (χ1n) is 7.74.